The Labute approximate surface area is 154 Å². The minimum atomic E-state index is -3.70. The second kappa shape index (κ2) is 8.22. The van der Waals surface area contributed by atoms with E-state index in [1.807, 2.05) is 0 Å². The van der Waals surface area contributed by atoms with E-state index in [1.54, 1.807) is 12.1 Å². The van der Waals surface area contributed by atoms with E-state index in [0.29, 0.717) is 35.9 Å². The molecule has 2 saturated heterocycles. The molecular formula is C17H25ClN2O4S. The monoisotopic (exact) mass is 388 g/mol. The van der Waals surface area contributed by atoms with Crippen molar-refractivity contribution < 1.29 is 17.9 Å². The molecule has 0 bridgehead atoms. The fraction of sp³-hybridized carbons (Fsp3) is 0.647. The third kappa shape index (κ3) is 5.08. The summed E-state index contributed by atoms with van der Waals surface area (Å²) < 4.78 is 39.7. The van der Waals surface area contributed by atoms with Crippen LogP contribution in [0, 0.1) is 5.92 Å². The van der Waals surface area contributed by atoms with Crippen molar-refractivity contribution in [3.8, 4) is 5.75 Å². The average molecular weight is 389 g/mol. The summed E-state index contributed by atoms with van der Waals surface area (Å²) in [6.07, 6.45) is 2.45. The van der Waals surface area contributed by atoms with E-state index < -0.39 is 10.0 Å². The van der Waals surface area contributed by atoms with Gasteiger partial charge in [0.05, 0.1) is 13.2 Å². The molecule has 0 aliphatic carbocycles. The van der Waals surface area contributed by atoms with Gasteiger partial charge in [-0.2, -0.15) is 0 Å². The second-order valence-corrected chi connectivity index (χ2v) is 8.95. The van der Waals surface area contributed by atoms with Crippen LogP contribution in [0.2, 0.25) is 5.02 Å². The van der Waals surface area contributed by atoms with Gasteiger partial charge in [-0.3, -0.25) is 0 Å². The molecule has 140 valence electrons. The predicted octanol–water partition coefficient (Wildman–Crippen LogP) is 2.17. The molecule has 8 heteroatoms. The van der Waals surface area contributed by atoms with Crippen molar-refractivity contribution in [1.29, 1.82) is 0 Å². The van der Waals surface area contributed by atoms with Gasteiger partial charge in [0.1, 0.15) is 10.6 Å². The molecule has 3 atom stereocenters. The Kier molecular flexibility index (Phi) is 6.22. The zero-order valence-corrected chi connectivity index (χ0v) is 15.9. The smallest absolute Gasteiger partial charge is 0.244 e. The normalized spacial score (nSPS) is 27.4. The molecule has 3 rings (SSSR count). The lowest BCUT2D eigenvalue weighted by Gasteiger charge is -2.28. The van der Waals surface area contributed by atoms with Crippen LogP contribution >= 0.6 is 11.6 Å². The van der Waals surface area contributed by atoms with Crippen LogP contribution in [-0.2, 0) is 14.8 Å². The molecule has 6 nitrogen and oxygen atoms in total. The van der Waals surface area contributed by atoms with E-state index in [1.165, 1.54) is 6.07 Å². The van der Waals surface area contributed by atoms with Crippen LogP contribution < -0.4 is 14.8 Å². The Hall–Kier alpha value is -0.860. The Balaban J connectivity index is 1.75. The van der Waals surface area contributed by atoms with Gasteiger partial charge in [0.2, 0.25) is 10.0 Å². The minimum absolute atomic E-state index is 0.0867. The molecule has 1 aromatic rings. The third-order valence-electron chi connectivity index (χ3n) is 4.64. The number of ether oxygens (including phenoxy) is 2. The van der Waals surface area contributed by atoms with E-state index in [9.17, 15) is 8.42 Å². The number of hydrogen-bond donors (Lipinski definition) is 2. The highest BCUT2D eigenvalue weighted by atomic mass is 35.5. The standard InChI is InChI=1S/C17H25ClN2O4S/c1-12-8-15(4-6-19-12)20-25(21,22)17-9-14(18)2-3-16(17)24-11-13-5-7-23-10-13/h2-3,9,12-13,15,19-20H,4-8,10-11H2,1H3. The number of hydrogen-bond acceptors (Lipinski definition) is 5. The number of rotatable bonds is 6. The molecule has 0 spiro atoms. The van der Waals surface area contributed by atoms with Gasteiger partial charge in [0.15, 0.2) is 0 Å². The van der Waals surface area contributed by atoms with Gasteiger partial charge in [-0.15, -0.1) is 0 Å². The first kappa shape index (κ1) is 18.9. The molecule has 2 fully saturated rings. The number of piperidine rings is 1. The molecule has 2 heterocycles. The first-order chi connectivity index (χ1) is 11.9. The van der Waals surface area contributed by atoms with E-state index >= 15 is 0 Å². The van der Waals surface area contributed by atoms with Crippen LogP contribution in [0.15, 0.2) is 23.1 Å². The zero-order chi connectivity index (χ0) is 17.9. The Morgan fingerprint density at radius 3 is 2.96 bits per heavy atom. The van der Waals surface area contributed by atoms with E-state index in [2.05, 4.69) is 17.0 Å². The van der Waals surface area contributed by atoms with Crippen LogP contribution in [0.25, 0.3) is 0 Å². The number of benzene rings is 1. The van der Waals surface area contributed by atoms with E-state index in [0.717, 1.165) is 32.4 Å². The molecule has 0 amide bonds. The molecule has 3 unspecified atom stereocenters. The number of nitrogens with one attached hydrogen (secondary N) is 2. The molecule has 25 heavy (non-hydrogen) atoms. The largest absolute Gasteiger partial charge is 0.492 e. The zero-order valence-electron chi connectivity index (χ0n) is 14.3. The highest BCUT2D eigenvalue weighted by Gasteiger charge is 2.27. The highest BCUT2D eigenvalue weighted by molar-refractivity contribution is 7.89. The van der Waals surface area contributed by atoms with E-state index in [-0.39, 0.29) is 10.9 Å². The second-order valence-electron chi connectivity index (χ2n) is 6.83. The van der Waals surface area contributed by atoms with Crippen LogP contribution in [0.3, 0.4) is 0 Å². The maximum absolute atomic E-state index is 12.9. The lowest BCUT2D eigenvalue weighted by molar-refractivity contribution is 0.166. The van der Waals surface area contributed by atoms with Crippen molar-refractivity contribution in [2.24, 2.45) is 5.92 Å². The first-order valence-corrected chi connectivity index (χ1v) is 10.6. The van der Waals surface area contributed by atoms with Gasteiger partial charge < -0.3 is 14.8 Å². The summed E-state index contributed by atoms with van der Waals surface area (Å²) in [5.41, 5.74) is 0. The van der Waals surface area contributed by atoms with Crippen LogP contribution in [0.1, 0.15) is 26.2 Å². The van der Waals surface area contributed by atoms with Crippen molar-refractivity contribution in [2.75, 3.05) is 26.4 Å². The summed E-state index contributed by atoms with van der Waals surface area (Å²) >= 11 is 6.04. The van der Waals surface area contributed by atoms with Crippen LogP contribution in [0.5, 0.6) is 5.75 Å². The summed E-state index contributed by atoms with van der Waals surface area (Å²) in [4.78, 5) is 0.102. The van der Waals surface area contributed by atoms with Gasteiger partial charge in [0, 0.05) is 29.6 Å². The molecule has 0 radical (unpaired) electrons. The van der Waals surface area contributed by atoms with Crippen LogP contribution in [-0.4, -0.2) is 46.9 Å². The fourth-order valence-electron chi connectivity index (χ4n) is 3.26. The maximum atomic E-state index is 12.9. The molecule has 0 aromatic heterocycles. The molecule has 2 aliphatic rings. The number of halogens is 1. The van der Waals surface area contributed by atoms with E-state index in [4.69, 9.17) is 21.1 Å². The molecule has 2 N–H and O–H groups in total. The summed E-state index contributed by atoms with van der Waals surface area (Å²) in [5.74, 6) is 0.634. The Morgan fingerprint density at radius 1 is 1.40 bits per heavy atom. The van der Waals surface area contributed by atoms with Crippen molar-refractivity contribution in [3.63, 3.8) is 0 Å². The molecular weight excluding hydrogens is 364 g/mol. The van der Waals surface area contributed by atoms with Gasteiger partial charge in [-0.05, 0) is 50.9 Å². The van der Waals surface area contributed by atoms with Crippen molar-refractivity contribution in [2.45, 2.75) is 43.2 Å². The third-order valence-corrected chi connectivity index (χ3v) is 6.42. The average Bonchev–Trinajstić information content (AvgIpc) is 3.06. The SMILES string of the molecule is CC1CC(NS(=O)(=O)c2cc(Cl)ccc2OCC2CCOC2)CCN1. The van der Waals surface area contributed by atoms with Crippen molar-refractivity contribution in [1.82, 2.24) is 10.0 Å². The summed E-state index contributed by atoms with van der Waals surface area (Å²) in [6.45, 7) is 4.68. The molecule has 2 aliphatic heterocycles. The quantitative estimate of drug-likeness (QED) is 0.781. The maximum Gasteiger partial charge on any atom is 0.244 e. The molecule has 0 saturated carbocycles. The lowest BCUT2D eigenvalue weighted by Crippen LogP contribution is -2.46. The Morgan fingerprint density at radius 2 is 2.24 bits per heavy atom. The topological polar surface area (TPSA) is 76.7 Å². The lowest BCUT2D eigenvalue weighted by atomic mass is 10.0. The predicted molar refractivity (Wildman–Crippen MR) is 96.7 cm³/mol. The fourth-order valence-corrected chi connectivity index (χ4v) is 4.95. The Bertz CT molecular complexity index is 692. The minimum Gasteiger partial charge on any atom is -0.492 e. The highest BCUT2D eigenvalue weighted by Crippen LogP contribution is 2.29. The van der Waals surface area contributed by atoms with Gasteiger partial charge >= 0.3 is 0 Å². The van der Waals surface area contributed by atoms with Crippen molar-refractivity contribution in [3.05, 3.63) is 23.2 Å². The van der Waals surface area contributed by atoms with Gasteiger partial charge in [-0.25, -0.2) is 13.1 Å². The molecule has 1 aromatic carbocycles. The van der Waals surface area contributed by atoms with Gasteiger partial charge in [-0.1, -0.05) is 11.6 Å². The van der Waals surface area contributed by atoms with Crippen molar-refractivity contribution >= 4 is 21.6 Å². The number of sulfonamides is 1. The summed E-state index contributed by atoms with van der Waals surface area (Å²) in [5, 5.41) is 3.69. The summed E-state index contributed by atoms with van der Waals surface area (Å²) in [7, 11) is -3.70. The van der Waals surface area contributed by atoms with Gasteiger partial charge in [0.25, 0.3) is 0 Å². The first-order valence-electron chi connectivity index (χ1n) is 8.70. The summed E-state index contributed by atoms with van der Waals surface area (Å²) in [6, 6.07) is 4.93. The van der Waals surface area contributed by atoms with Crippen LogP contribution in [0.4, 0.5) is 0 Å².